The van der Waals surface area contributed by atoms with Crippen LogP contribution in [0.1, 0.15) is 38.7 Å². The van der Waals surface area contributed by atoms with Crippen LogP contribution in [0, 0.1) is 23.0 Å². The van der Waals surface area contributed by atoms with Crippen molar-refractivity contribution in [3.8, 4) is 0 Å². The summed E-state index contributed by atoms with van der Waals surface area (Å²) in [6, 6.07) is 1.77. The molecule has 0 saturated carbocycles. The summed E-state index contributed by atoms with van der Waals surface area (Å²) in [5.74, 6) is 1.29. The Morgan fingerprint density at radius 2 is 2.13 bits per heavy atom. The summed E-state index contributed by atoms with van der Waals surface area (Å²) in [7, 11) is 0. The van der Waals surface area contributed by atoms with Crippen LogP contribution in [-0.2, 0) is 4.79 Å². The quantitative estimate of drug-likeness (QED) is 0.665. The first-order chi connectivity index (χ1) is 10.9. The molecule has 126 valence electrons. The first-order valence-electron chi connectivity index (χ1n) is 8.02. The van der Waals surface area contributed by atoms with Crippen molar-refractivity contribution in [1.29, 1.82) is 0 Å². The van der Waals surface area contributed by atoms with Gasteiger partial charge in [0.1, 0.15) is 12.0 Å². The molecule has 0 atom stereocenters. The lowest BCUT2D eigenvalue weighted by Crippen LogP contribution is -2.42. The van der Waals surface area contributed by atoms with Crippen molar-refractivity contribution in [3.63, 3.8) is 0 Å². The number of likely N-dealkylation sites (tertiary alicyclic amines) is 1. The average Bonchev–Trinajstić information content (AvgIpc) is 2.49. The zero-order valence-electron chi connectivity index (χ0n) is 13.9. The molecule has 2 heterocycles. The minimum Gasteiger partial charge on any atom is -0.367 e. The van der Waals surface area contributed by atoms with Crippen LogP contribution in [-0.4, -0.2) is 39.8 Å². The minimum absolute atomic E-state index is 0.00199. The molecular weight excluding hydrogens is 296 g/mol. The third-order valence-electron chi connectivity index (χ3n) is 4.05. The Morgan fingerprint density at radius 3 is 2.65 bits per heavy atom. The molecule has 0 radical (unpaired) electrons. The summed E-state index contributed by atoms with van der Waals surface area (Å²) < 4.78 is 0. The number of nitrogens with zero attached hydrogens (tertiary/aromatic N) is 3. The van der Waals surface area contributed by atoms with Crippen LogP contribution in [0.3, 0.4) is 0 Å². The van der Waals surface area contributed by atoms with E-state index in [4.69, 9.17) is 0 Å². The summed E-state index contributed by atoms with van der Waals surface area (Å²) in [6.07, 6.45) is 3.60. The highest BCUT2D eigenvalue weighted by Crippen LogP contribution is 2.22. The fourth-order valence-corrected chi connectivity index (χ4v) is 2.76. The summed E-state index contributed by atoms with van der Waals surface area (Å²) in [4.78, 5) is 28.4. The average molecular weight is 320 g/mol. The number of aromatic nitrogens is 1. The maximum absolute atomic E-state index is 12.1. The second-order valence-electron chi connectivity index (χ2n) is 6.51. The van der Waals surface area contributed by atoms with E-state index in [-0.39, 0.29) is 17.6 Å². The smallest absolute Gasteiger partial charge is 0.287 e. The molecule has 1 fully saturated rings. The lowest BCUT2D eigenvalue weighted by atomic mass is 10.0. The number of amides is 1. The van der Waals surface area contributed by atoms with Gasteiger partial charge >= 0.3 is 0 Å². The zero-order valence-corrected chi connectivity index (χ0v) is 13.9. The van der Waals surface area contributed by atoms with E-state index in [0.29, 0.717) is 18.2 Å². The maximum atomic E-state index is 12.1. The van der Waals surface area contributed by atoms with E-state index in [1.165, 1.54) is 12.3 Å². The van der Waals surface area contributed by atoms with E-state index >= 15 is 0 Å². The highest BCUT2D eigenvalue weighted by atomic mass is 16.6. The number of pyridine rings is 1. The van der Waals surface area contributed by atoms with Crippen LogP contribution in [0.15, 0.2) is 12.3 Å². The second kappa shape index (κ2) is 7.39. The Bertz CT molecular complexity index is 581. The molecular formula is C16H24N4O3. The largest absolute Gasteiger partial charge is 0.367 e. The van der Waals surface area contributed by atoms with Crippen LogP contribution in [0.4, 0.5) is 11.5 Å². The molecule has 1 aromatic rings. The highest BCUT2D eigenvalue weighted by molar-refractivity contribution is 5.76. The molecule has 0 spiro atoms. The van der Waals surface area contributed by atoms with Gasteiger partial charge in [0.2, 0.25) is 5.91 Å². The Labute approximate surface area is 136 Å². The molecule has 2 rings (SSSR count). The monoisotopic (exact) mass is 320 g/mol. The molecule has 0 unspecified atom stereocenters. The fourth-order valence-electron chi connectivity index (χ4n) is 2.76. The number of hydrogen-bond acceptors (Lipinski definition) is 5. The standard InChI is InChI=1S/C16H24N4O3/c1-11(2)8-15(21)19-6-4-13(5-7-19)18-16-12(3)9-14(10-17-16)20(22)23/h9-11,13H,4-8H2,1-3H3,(H,17,18). The van der Waals surface area contributed by atoms with Gasteiger partial charge in [-0.15, -0.1) is 0 Å². The van der Waals surface area contributed by atoms with Gasteiger partial charge in [0.15, 0.2) is 0 Å². The lowest BCUT2D eigenvalue weighted by Gasteiger charge is -2.33. The number of nitrogens with one attached hydrogen (secondary N) is 1. The Balaban J connectivity index is 1.89. The van der Waals surface area contributed by atoms with Gasteiger partial charge in [0, 0.05) is 31.6 Å². The van der Waals surface area contributed by atoms with Gasteiger partial charge in [-0.05, 0) is 31.2 Å². The van der Waals surface area contributed by atoms with Crippen molar-refractivity contribution in [1.82, 2.24) is 9.88 Å². The number of hydrogen-bond donors (Lipinski definition) is 1. The minimum atomic E-state index is -0.442. The lowest BCUT2D eigenvalue weighted by molar-refractivity contribution is -0.385. The van der Waals surface area contributed by atoms with E-state index in [1.807, 2.05) is 11.8 Å². The van der Waals surface area contributed by atoms with Crippen molar-refractivity contribution in [2.75, 3.05) is 18.4 Å². The van der Waals surface area contributed by atoms with Crippen molar-refractivity contribution in [3.05, 3.63) is 27.9 Å². The predicted octanol–water partition coefficient (Wildman–Crippen LogP) is 2.75. The van der Waals surface area contributed by atoms with Crippen molar-refractivity contribution in [2.24, 2.45) is 5.92 Å². The number of piperidine rings is 1. The first-order valence-corrected chi connectivity index (χ1v) is 8.02. The van der Waals surface area contributed by atoms with E-state index in [0.717, 1.165) is 31.5 Å². The van der Waals surface area contributed by atoms with Gasteiger partial charge in [-0.1, -0.05) is 13.8 Å². The number of carbonyl (C=O) groups excluding carboxylic acids is 1. The van der Waals surface area contributed by atoms with Crippen LogP contribution < -0.4 is 5.32 Å². The normalized spacial score (nSPS) is 15.7. The van der Waals surface area contributed by atoms with Crippen LogP contribution in [0.2, 0.25) is 0 Å². The van der Waals surface area contributed by atoms with Gasteiger partial charge in [-0.3, -0.25) is 14.9 Å². The van der Waals surface area contributed by atoms with Gasteiger partial charge in [-0.25, -0.2) is 4.98 Å². The summed E-state index contributed by atoms with van der Waals surface area (Å²) in [6.45, 7) is 7.40. The van der Waals surface area contributed by atoms with Gasteiger partial charge < -0.3 is 10.2 Å². The van der Waals surface area contributed by atoms with E-state index in [2.05, 4.69) is 24.1 Å². The number of carbonyl (C=O) groups is 1. The second-order valence-corrected chi connectivity index (χ2v) is 6.51. The summed E-state index contributed by atoms with van der Waals surface area (Å²) in [5.41, 5.74) is 0.764. The topological polar surface area (TPSA) is 88.4 Å². The number of rotatable bonds is 5. The first kappa shape index (κ1) is 17.2. The third kappa shape index (κ3) is 4.64. The van der Waals surface area contributed by atoms with E-state index in [9.17, 15) is 14.9 Å². The predicted molar refractivity (Wildman–Crippen MR) is 88.3 cm³/mol. The van der Waals surface area contributed by atoms with Crippen LogP contribution in [0.5, 0.6) is 0 Å². The molecule has 1 aliphatic rings. The Morgan fingerprint density at radius 1 is 1.48 bits per heavy atom. The number of nitro groups is 1. The molecule has 23 heavy (non-hydrogen) atoms. The van der Waals surface area contributed by atoms with Crippen LogP contribution in [0.25, 0.3) is 0 Å². The number of aryl methyl sites for hydroxylation is 1. The summed E-state index contributed by atoms with van der Waals surface area (Å²) in [5, 5.41) is 14.1. The molecule has 0 bridgehead atoms. The van der Waals surface area contributed by atoms with Gasteiger partial charge in [0.25, 0.3) is 5.69 Å². The fraction of sp³-hybridized carbons (Fsp3) is 0.625. The molecule has 1 aliphatic heterocycles. The maximum Gasteiger partial charge on any atom is 0.287 e. The molecule has 1 aromatic heterocycles. The molecule has 1 N–H and O–H groups in total. The summed E-state index contributed by atoms with van der Waals surface area (Å²) >= 11 is 0. The molecule has 7 nitrogen and oxygen atoms in total. The van der Waals surface area contributed by atoms with E-state index < -0.39 is 4.92 Å². The van der Waals surface area contributed by atoms with Crippen molar-refractivity contribution < 1.29 is 9.72 Å². The third-order valence-corrected chi connectivity index (χ3v) is 4.05. The van der Waals surface area contributed by atoms with E-state index in [1.54, 1.807) is 0 Å². The molecule has 0 aliphatic carbocycles. The highest BCUT2D eigenvalue weighted by Gasteiger charge is 2.23. The van der Waals surface area contributed by atoms with Crippen LogP contribution >= 0.6 is 0 Å². The Hall–Kier alpha value is -2.18. The zero-order chi connectivity index (χ0) is 17.0. The van der Waals surface area contributed by atoms with Crippen molar-refractivity contribution >= 4 is 17.4 Å². The van der Waals surface area contributed by atoms with Gasteiger partial charge in [0.05, 0.1) is 4.92 Å². The Kier molecular flexibility index (Phi) is 5.52. The van der Waals surface area contributed by atoms with Gasteiger partial charge in [-0.2, -0.15) is 0 Å². The SMILES string of the molecule is Cc1cc([N+](=O)[O-])cnc1NC1CCN(C(=O)CC(C)C)CC1. The van der Waals surface area contributed by atoms with Crippen molar-refractivity contribution in [2.45, 2.75) is 46.1 Å². The number of anilines is 1. The molecule has 0 aromatic carbocycles. The molecule has 1 saturated heterocycles. The molecule has 1 amide bonds. The molecule has 7 heteroatoms.